The summed E-state index contributed by atoms with van der Waals surface area (Å²) in [6.45, 7) is 0. The summed E-state index contributed by atoms with van der Waals surface area (Å²) in [6, 6.07) is 0. The zero-order chi connectivity index (χ0) is 26.9. The lowest BCUT2D eigenvalue weighted by Crippen LogP contribution is -2.47. The first kappa shape index (κ1) is 32.0. The van der Waals surface area contributed by atoms with Crippen molar-refractivity contribution in [2.75, 3.05) is 11.8 Å². The number of fused-ring (bicyclic) bond motifs is 7. The predicted molar refractivity (Wildman–Crippen MR) is 160 cm³/mol. The highest BCUT2D eigenvalue weighted by Gasteiger charge is 2.85. The molecule has 0 amide bonds. The largest absolute Gasteiger partial charge is 0.166 e. The average Bonchev–Trinajstić information content (AvgIpc) is 3.29. The Morgan fingerprint density at radius 3 is 1.31 bits per heavy atom. The Bertz CT molecular complexity index is 973. The van der Waals surface area contributed by atoms with E-state index in [0.29, 0.717) is 6.42 Å². The molecule has 5 aliphatic carbocycles. The lowest BCUT2D eigenvalue weighted by molar-refractivity contribution is 0.385. The highest BCUT2D eigenvalue weighted by Crippen LogP contribution is 2.80. The molecule has 3 saturated carbocycles. The van der Waals surface area contributed by atoms with Crippen molar-refractivity contribution in [2.45, 2.75) is 45.3 Å². The summed E-state index contributed by atoms with van der Waals surface area (Å²) in [5.41, 5.74) is 0. The number of rotatable bonds is 2. The second kappa shape index (κ2) is 9.82. The minimum atomic E-state index is -1.55. The number of allylic oxidation sites excluding steroid dienone is 4. The van der Waals surface area contributed by atoms with Crippen LogP contribution in [0, 0.1) is 23.7 Å². The fourth-order valence-corrected chi connectivity index (χ4v) is 14.2. The molecule has 0 N–H and O–H groups in total. The van der Waals surface area contributed by atoms with Crippen LogP contribution in [0.4, 0.5) is 0 Å². The molecule has 0 nitrogen and oxygen atoms in total. The molecule has 4 bridgehead atoms. The summed E-state index contributed by atoms with van der Waals surface area (Å²) in [5, 5.41) is 0.0606. The molecule has 0 aliphatic heterocycles. The summed E-state index contributed by atoms with van der Waals surface area (Å²) >= 11 is 101. The normalized spacial score (nSPS) is 52.8. The summed E-state index contributed by atoms with van der Waals surface area (Å²) in [4.78, 5) is -5.09. The first-order valence-electron chi connectivity index (χ1n) is 9.86. The van der Waals surface area contributed by atoms with Gasteiger partial charge in [-0.05, 0) is 12.3 Å². The maximum absolute atomic E-state index is 6.62. The highest BCUT2D eigenvalue weighted by atomic mass is 35.5. The lowest BCUT2D eigenvalue weighted by Gasteiger charge is -2.35. The third kappa shape index (κ3) is 3.45. The standard InChI is InChI=1S/C10H6Cl8.C9H6Cl8/c11-3-1-2-4(5(3)12)9(16)7(14)6(13)8(2,15)10(9,17)18;10-1-3-4(2-11)8(15)6(13)5(12)7(3,14)9(8,16)17/h2-5H,1H2;3-4H,1-2H2. The van der Waals surface area contributed by atoms with E-state index < -0.39 is 33.5 Å². The molecule has 0 aromatic heterocycles. The van der Waals surface area contributed by atoms with Crippen molar-refractivity contribution in [2.24, 2.45) is 23.7 Å². The van der Waals surface area contributed by atoms with Gasteiger partial charge in [0.1, 0.15) is 19.5 Å². The predicted octanol–water partition coefficient (Wildman–Crippen LogP) is 11.2. The third-order valence-corrected chi connectivity index (χ3v) is 18.4. The molecular formula is C19H12Cl16. The number of hydrogen-bond donors (Lipinski definition) is 0. The van der Waals surface area contributed by atoms with E-state index in [0.717, 1.165) is 0 Å². The first-order chi connectivity index (χ1) is 15.8. The van der Waals surface area contributed by atoms with Crippen molar-refractivity contribution < 1.29 is 0 Å². The Hall–Kier alpha value is 4.12. The van der Waals surface area contributed by atoms with Crippen LogP contribution in [0.25, 0.3) is 0 Å². The monoisotopic (exact) mass is 800 g/mol. The molecule has 16 heteroatoms. The maximum Gasteiger partial charge on any atom is 0.166 e. The van der Waals surface area contributed by atoms with E-state index in [-0.39, 0.29) is 60.9 Å². The maximum atomic E-state index is 6.62. The van der Waals surface area contributed by atoms with E-state index in [2.05, 4.69) is 0 Å². The van der Waals surface area contributed by atoms with Crippen molar-refractivity contribution in [1.82, 2.24) is 0 Å². The highest BCUT2D eigenvalue weighted by molar-refractivity contribution is 6.67. The molecule has 200 valence electrons. The van der Waals surface area contributed by atoms with Crippen LogP contribution < -0.4 is 0 Å². The molecule has 3 fully saturated rings. The zero-order valence-electron chi connectivity index (χ0n) is 16.6. The van der Waals surface area contributed by atoms with E-state index in [1.807, 2.05) is 0 Å². The molecule has 10 atom stereocenters. The Morgan fingerprint density at radius 2 is 0.914 bits per heavy atom. The van der Waals surface area contributed by atoms with Gasteiger partial charge in [-0.2, -0.15) is 0 Å². The fraction of sp³-hybridized carbons (Fsp3) is 0.789. The number of hydrogen-bond acceptors (Lipinski definition) is 0. The average molecular weight is 808 g/mol. The summed E-state index contributed by atoms with van der Waals surface area (Å²) < 4.78 is -3.05. The van der Waals surface area contributed by atoms with Gasteiger partial charge in [-0.1, -0.05) is 92.8 Å². The van der Waals surface area contributed by atoms with Crippen molar-refractivity contribution in [3.05, 3.63) is 20.1 Å². The van der Waals surface area contributed by atoms with Crippen molar-refractivity contribution in [3.8, 4) is 0 Å². The fourth-order valence-electron chi connectivity index (χ4n) is 6.12. The van der Waals surface area contributed by atoms with Crippen LogP contribution in [-0.2, 0) is 0 Å². The molecule has 5 aliphatic rings. The molecule has 0 aromatic carbocycles. The smallest absolute Gasteiger partial charge is 0.126 e. The summed E-state index contributed by atoms with van der Waals surface area (Å²) in [6.07, 6.45) is 0.555. The van der Waals surface area contributed by atoms with Crippen LogP contribution in [0.5, 0.6) is 0 Å². The van der Waals surface area contributed by atoms with E-state index in [4.69, 9.17) is 186 Å². The van der Waals surface area contributed by atoms with Crippen LogP contribution in [0.15, 0.2) is 20.1 Å². The van der Waals surface area contributed by atoms with Gasteiger partial charge in [0.15, 0.2) is 8.67 Å². The van der Waals surface area contributed by atoms with E-state index in [9.17, 15) is 0 Å². The topological polar surface area (TPSA) is 0 Å². The third-order valence-electron chi connectivity index (χ3n) is 7.90. The van der Waals surface area contributed by atoms with E-state index in [1.54, 1.807) is 0 Å². The molecule has 0 aromatic rings. The minimum Gasteiger partial charge on any atom is -0.126 e. The number of alkyl halides is 12. The SMILES string of the molecule is ClC1=C(Cl)C2(Cl)C3C(Cl)C(Cl)CC3C1(Cl)C2(Cl)Cl.ClCC1C(CCl)C2(Cl)C(Cl)=C(Cl)C1(Cl)C2(Cl)Cl. The van der Waals surface area contributed by atoms with E-state index in [1.165, 1.54) is 0 Å². The van der Waals surface area contributed by atoms with Gasteiger partial charge in [0.25, 0.3) is 0 Å². The number of halogens is 16. The van der Waals surface area contributed by atoms with Crippen molar-refractivity contribution in [3.63, 3.8) is 0 Å². The lowest BCUT2D eigenvalue weighted by atomic mass is 9.84. The molecule has 5 rings (SSSR count). The first-order valence-corrected chi connectivity index (χ1v) is 16.3. The second-order valence-corrected chi connectivity index (χ2v) is 17.3. The Balaban J connectivity index is 0.000000165. The Kier molecular flexibility index (Phi) is 8.99. The van der Waals surface area contributed by atoms with Gasteiger partial charge < -0.3 is 0 Å². The van der Waals surface area contributed by atoms with Crippen molar-refractivity contribution in [1.29, 1.82) is 0 Å². The van der Waals surface area contributed by atoms with Gasteiger partial charge in [0.05, 0.1) is 30.9 Å². The zero-order valence-corrected chi connectivity index (χ0v) is 28.7. The van der Waals surface area contributed by atoms with Gasteiger partial charge in [-0.25, -0.2) is 0 Å². The van der Waals surface area contributed by atoms with Gasteiger partial charge in [0, 0.05) is 29.5 Å². The quantitative estimate of drug-likeness (QED) is 0.244. The molecule has 0 spiro atoms. The van der Waals surface area contributed by atoms with Gasteiger partial charge in [0.2, 0.25) is 0 Å². The minimum absolute atomic E-state index is 0.160. The van der Waals surface area contributed by atoms with Crippen LogP contribution >= 0.6 is 186 Å². The Labute approximate surface area is 283 Å². The second-order valence-electron chi connectivity index (χ2n) is 9.10. The van der Waals surface area contributed by atoms with Gasteiger partial charge >= 0.3 is 0 Å². The Morgan fingerprint density at radius 1 is 0.571 bits per heavy atom. The van der Waals surface area contributed by atoms with Gasteiger partial charge in [-0.15, -0.1) is 92.8 Å². The van der Waals surface area contributed by atoms with E-state index >= 15 is 0 Å². The molecule has 0 saturated heterocycles. The molecular weight excluding hydrogens is 795 g/mol. The molecule has 10 unspecified atom stereocenters. The molecule has 0 radical (unpaired) electrons. The summed E-state index contributed by atoms with van der Waals surface area (Å²) in [5.74, 6) is -0.789. The summed E-state index contributed by atoms with van der Waals surface area (Å²) in [7, 11) is 0. The van der Waals surface area contributed by atoms with Crippen molar-refractivity contribution >= 4 is 186 Å². The van der Waals surface area contributed by atoms with Crippen LogP contribution in [0.1, 0.15) is 6.42 Å². The van der Waals surface area contributed by atoms with Crippen LogP contribution in [0.2, 0.25) is 0 Å². The van der Waals surface area contributed by atoms with Crippen LogP contribution in [-0.4, -0.2) is 50.7 Å². The van der Waals surface area contributed by atoms with Gasteiger partial charge in [-0.3, -0.25) is 0 Å². The molecule has 35 heavy (non-hydrogen) atoms. The molecule has 0 heterocycles. The van der Waals surface area contributed by atoms with Crippen LogP contribution in [0.3, 0.4) is 0 Å².